The van der Waals surface area contributed by atoms with E-state index in [1.807, 2.05) is 19.1 Å². The van der Waals surface area contributed by atoms with Gasteiger partial charge >= 0.3 is 6.03 Å². The number of hydrogen-bond acceptors (Lipinski definition) is 5. The number of imide groups is 1. The van der Waals surface area contributed by atoms with Gasteiger partial charge in [0.05, 0.1) is 12.0 Å². The highest BCUT2D eigenvalue weighted by Crippen LogP contribution is 2.30. The third kappa shape index (κ3) is 2.57. The number of ether oxygens (including phenoxy) is 1. The summed E-state index contributed by atoms with van der Waals surface area (Å²) in [6, 6.07) is 10.0. The number of carbonyl (C=O) groups excluding carboxylic acids is 2. The molecular formula is C19H17N3O4. The van der Waals surface area contributed by atoms with Gasteiger partial charge in [0.25, 0.3) is 5.91 Å². The third-order valence-corrected chi connectivity index (χ3v) is 4.59. The highest BCUT2D eigenvalue weighted by atomic mass is 16.5. The second-order valence-corrected chi connectivity index (χ2v) is 6.33. The zero-order chi connectivity index (χ0) is 18.3. The summed E-state index contributed by atoms with van der Waals surface area (Å²) >= 11 is 0. The maximum atomic E-state index is 12.6. The lowest BCUT2D eigenvalue weighted by Crippen LogP contribution is -2.43. The summed E-state index contributed by atoms with van der Waals surface area (Å²) in [6.45, 7) is 3.57. The Balaban J connectivity index is 1.62. The van der Waals surface area contributed by atoms with Gasteiger partial charge < -0.3 is 14.5 Å². The van der Waals surface area contributed by atoms with E-state index in [0.717, 1.165) is 10.3 Å². The lowest BCUT2D eigenvalue weighted by atomic mass is 9.99. The maximum Gasteiger partial charge on any atom is 0.329 e. The molecule has 7 heteroatoms. The van der Waals surface area contributed by atoms with Crippen LogP contribution in [0, 0.1) is 0 Å². The molecule has 0 aliphatic carbocycles. The smallest absolute Gasteiger partial charge is 0.329 e. The first-order chi connectivity index (χ1) is 12.5. The van der Waals surface area contributed by atoms with Crippen LogP contribution in [0.3, 0.4) is 0 Å². The van der Waals surface area contributed by atoms with Crippen molar-refractivity contribution in [3.05, 3.63) is 48.9 Å². The molecule has 3 amide bonds. The van der Waals surface area contributed by atoms with Gasteiger partial charge in [0, 0.05) is 23.7 Å². The number of fused-ring (bicyclic) bond motifs is 1. The Morgan fingerprint density at radius 2 is 2.08 bits per heavy atom. The minimum absolute atomic E-state index is 0.277. The number of amides is 3. The molecule has 4 rings (SSSR count). The number of rotatable bonds is 4. The maximum absolute atomic E-state index is 12.6. The zero-order valence-corrected chi connectivity index (χ0v) is 14.4. The molecule has 1 saturated heterocycles. The molecule has 2 aromatic heterocycles. The fourth-order valence-electron chi connectivity index (χ4n) is 2.87. The molecule has 7 nitrogen and oxygen atoms in total. The minimum atomic E-state index is -0.897. The largest absolute Gasteiger partial charge is 0.464 e. The fraction of sp³-hybridized carbons (Fsp3) is 0.211. The molecular weight excluding hydrogens is 334 g/mol. The van der Waals surface area contributed by atoms with Gasteiger partial charge in [-0.05, 0) is 37.6 Å². The molecule has 0 unspecified atom stereocenters. The van der Waals surface area contributed by atoms with Gasteiger partial charge in [0.15, 0.2) is 0 Å². The van der Waals surface area contributed by atoms with E-state index < -0.39 is 11.6 Å². The van der Waals surface area contributed by atoms with Crippen LogP contribution in [-0.4, -0.2) is 22.5 Å². The molecule has 1 N–H and O–H groups in total. The van der Waals surface area contributed by atoms with Crippen molar-refractivity contribution in [3.8, 4) is 11.6 Å². The van der Waals surface area contributed by atoms with E-state index in [9.17, 15) is 9.59 Å². The molecule has 1 aromatic carbocycles. The average Bonchev–Trinajstić information content (AvgIpc) is 3.18. The molecule has 1 aliphatic heterocycles. The van der Waals surface area contributed by atoms with E-state index in [1.54, 1.807) is 37.5 Å². The van der Waals surface area contributed by atoms with E-state index >= 15 is 0 Å². The van der Waals surface area contributed by atoms with Gasteiger partial charge in [0.1, 0.15) is 16.9 Å². The minimum Gasteiger partial charge on any atom is -0.464 e. The Labute approximate surface area is 149 Å². The van der Waals surface area contributed by atoms with Crippen LogP contribution in [0.2, 0.25) is 0 Å². The van der Waals surface area contributed by atoms with Crippen LogP contribution in [0.5, 0.6) is 11.6 Å². The third-order valence-electron chi connectivity index (χ3n) is 4.59. The molecule has 26 heavy (non-hydrogen) atoms. The Morgan fingerprint density at radius 3 is 2.85 bits per heavy atom. The van der Waals surface area contributed by atoms with E-state index in [4.69, 9.17) is 9.15 Å². The monoisotopic (exact) mass is 351 g/mol. The number of nitrogens with zero attached hydrogens (tertiary/aromatic N) is 2. The van der Waals surface area contributed by atoms with Crippen molar-refractivity contribution in [2.24, 2.45) is 0 Å². The highest BCUT2D eigenvalue weighted by molar-refractivity contribution is 6.23. The Kier molecular flexibility index (Phi) is 3.64. The number of anilines is 1. The summed E-state index contributed by atoms with van der Waals surface area (Å²) in [5.41, 5.74) is 0.214. The number of benzene rings is 1. The molecule has 0 radical (unpaired) electrons. The first-order valence-corrected chi connectivity index (χ1v) is 8.28. The number of urea groups is 1. The Morgan fingerprint density at radius 1 is 1.23 bits per heavy atom. The van der Waals surface area contributed by atoms with Gasteiger partial charge in [-0.1, -0.05) is 6.92 Å². The van der Waals surface area contributed by atoms with Crippen LogP contribution in [0.15, 0.2) is 53.3 Å². The molecule has 0 saturated carbocycles. The van der Waals surface area contributed by atoms with Crippen molar-refractivity contribution >= 4 is 28.6 Å². The summed E-state index contributed by atoms with van der Waals surface area (Å²) in [5.74, 6) is 0.533. The number of carbonyl (C=O) groups is 2. The Bertz CT molecular complexity index is 1010. The van der Waals surface area contributed by atoms with Crippen LogP contribution in [-0.2, 0) is 4.79 Å². The molecule has 3 aromatic rings. The summed E-state index contributed by atoms with van der Waals surface area (Å²) in [4.78, 5) is 30.2. The molecule has 3 heterocycles. The van der Waals surface area contributed by atoms with E-state index in [1.165, 1.54) is 6.20 Å². The second-order valence-electron chi connectivity index (χ2n) is 6.33. The van der Waals surface area contributed by atoms with Crippen molar-refractivity contribution in [3.63, 3.8) is 0 Å². The number of pyridine rings is 1. The SMILES string of the molecule is CC[C@@]1(C)NC(=O)N(c2ccnc(Oc3ccc4ccoc4c3)c2)C1=O. The molecule has 132 valence electrons. The van der Waals surface area contributed by atoms with Crippen molar-refractivity contribution in [2.45, 2.75) is 25.8 Å². The van der Waals surface area contributed by atoms with Crippen LogP contribution in [0.25, 0.3) is 11.0 Å². The molecule has 1 aliphatic rings. The van der Waals surface area contributed by atoms with E-state index in [2.05, 4.69) is 10.3 Å². The molecule has 1 fully saturated rings. The van der Waals surface area contributed by atoms with Gasteiger partial charge in [0.2, 0.25) is 5.88 Å². The predicted octanol–water partition coefficient (Wildman–Crippen LogP) is 3.85. The van der Waals surface area contributed by atoms with Crippen LogP contribution < -0.4 is 15.0 Å². The quantitative estimate of drug-likeness (QED) is 0.722. The number of furan rings is 1. The van der Waals surface area contributed by atoms with Crippen molar-refractivity contribution in [2.75, 3.05) is 4.90 Å². The first kappa shape index (κ1) is 16.1. The van der Waals surface area contributed by atoms with Crippen LogP contribution in [0.4, 0.5) is 10.5 Å². The average molecular weight is 351 g/mol. The van der Waals surface area contributed by atoms with Crippen molar-refractivity contribution in [1.29, 1.82) is 0 Å². The molecule has 1 atom stereocenters. The van der Waals surface area contributed by atoms with Crippen molar-refractivity contribution < 1.29 is 18.7 Å². The molecule has 0 bridgehead atoms. The number of nitrogens with one attached hydrogen (secondary N) is 1. The summed E-state index contributed by atoms with van der Waals surface area (Å²) in [6.07, 6.45) is 3.61. The topological polar surface area (TPSA) is 84.7 Å². The summed E-state index contributed by atoms with van der Waals surface area (Å²) in [5, 5.41) is 3.70. The highest BCUT2D eigenvalue weighted by Gasteiger charge is 2.47. The van der Waals surface area contributed by atoms with Crippen molar-refractivity contribution in [1.82, 2.24) is 10.3 Å². The fourth-order valence-corrected chi connectivity index (χ4v) is 2.87. The first-order valence-electron chi connectivity index (χ1n) is 8.28. The number of aromatic nitrogens is 1. The lowest BCUT2D eigenvalue weighted by Gasteiger charge is -2.19. The Hall–Kier alpha value is -3.35. The van der Waals surface area contributed by atoms with Gasteiger partial charge in [-0.15, -0.1) is 0 Å². The van der Waals surface area contributed by atoms with E-state index in [0.29, 0.717) is 23.4 Å². The summed E-state index contributed by atoms with van der Waals surface area (Å²) < 4.78 is 11.1. The molecule has 0 spiro atoms. The zero-order valence-electron chi connectivity index (χ0n) is 14.4. The van der Waals surface area contributed by atoms with Gasteiger partial charge in [-0.25, -0.2) is 14.7 Å². The lowest BCUT2D eigenvalue weighted by molar-refractivity contribution is -0.121. The second kappa shape index (κ2) is 5.87. The van der Waals surface area contributed by atoms with E-state index in [-0.39, 0.29) is 11.8 Å². The van der Waals surface area contributed by atoms with Crippen LogP contribution in [0.1, 0.15) is 20.3 Å². The number of hydrogen-bond donors (Lipinski definition) is 1. The summed E-state index contributed by atoms with van der Waals surface area (Å²) in [7, 11) is 0. The normalized spacial score (nSPS) is 19.8. The standard InChI is InChI=1S/C19H17N3O4/c1-3-19(2)17(23)22(18(24)21-19)13-6-8-20-16(10-13)26-14-5-4-12-7-9-25-15(12)11-14/h4-11H,3H2,1-2H3,(H,21,24)/t19-/m1/s1. The van der Waals surface area contributed by atoms with Crippen LogP contribution >= 0.6 is 0 Å². The van der Waals surface area contributed by atoms with Gasteiger partial charge in [-0.3, -0.25) is 4.79 Å². The predicted molar refractivity (Wildman–Crippen MR) is 95.2 cm³/mol. The van der Waals surface area contributed by atoms with Gasteiger partial charge in [-0.2, -0.15) is 0 Å².